The van der Waals surface area contributed by atoms with Crippen LogP contribution in [0.2, 0.25) is 0 Å². The molecule has 2 aromatic heterocycles. The molecule has 0 spiro atoms. The molecule has 2 saturated heterocycles. The van der Waals surface area contributed by atoms with Crippen LogP contribution in [0.4, 0.5) is 14.6 Å². The number of aromatic nitrogens is 3. The normalized spacial score (nSPS) is 23.2. The highest BCUT2D eigenvalue weighted by atomic mass is 19.1. The monoisotopic (exact) mass is 436 g/mol. The van der Waals surface area contributed by atoms with Crippen LogP contribution in [0.5, 0.6) is 0 Å². The summed E-state index contributed by atoms with van der Waals surface area (Å²) in [5.41, 5.74) is 3.80. The zero-order valence-electron chi connectivity index (χ0n) is 17.4. The Labute approximate surface area is 183 Å². The Morgan fingerprint density at radius 1 is 1.09 bits per heavy atom. The maximum Gasteiger partial charge on any atom is 0.166 e. The average Bonchev–Trinajstić information content (AvgIpc) is 3.60. The first-order chi connectivity index (χ1) is 15.7. The van der Waals surface area contributed by atoms with Crippen molar-refractivity contribution in [1.82, 2.24) is 14.6 Å². The van der Waals surface area contributed by atoms with Gasteiger partial charge in [-0.15, -0.1) is 0 Å². The molecule has 0 aliphatic carbocycles. The highest BCUT2D eigenvalue weighted by Crippen LogP contribution is 2.37. The van der Waals surface area contributed by atoms with Crippen LogP contribution < -0.4 is 4.90 Å². The van der Waals surface area contributed by atoms with Crippen molar-refractivity contribution in [3.8, 4) is 0 Å². The molecule has 5 heterocycles. The summed E-state index contributed by atoms with van der Waals surface area (Å²) in [6.45, 7) is 2.19. The molecule has 2 fully saturated rings. The molecule has 6 rings (SSSR count). The van der Waals surface area contributed by atoms with Gasteiger partial charge in [0, 0.05) is 37.3 Å². The van der Waals surface area contributed by atoms with Gasteiger partial charge in [0.2, 0.25) is 0 Å². The predicted octanol–water partition coefficient (Wildman–Crippen LogP) is 3.93. The lowest BCUT2D eigenvalue weighted by Gasteiger charge is -2.26. The lowest BCUT2D eigenvalue weighted by molar-refractivity contribution is 0.193. The van der Waals surface area contributed by atoms with Crippen molar-refractivity contribution in [1.29, 1.82) is 0 Å². The third-order valence-corrected chi connectivity index (χ3v) is 6.58. The zero-order chi connectivity index (χ0) is 21.7. The number of halogens is 2. The van der Waals surface area contributed by atoms with E-state index in [9.17, 15) is 8.78 Å². The molecule has 3 aliphatic heterocycles. The van der Waals surface area contributed by atoms with Crippen LogP contribution in [0.25, 0.3) is 5.65 Å². The maximum atomic E-state index is 14.5. The predicted molar refractivity (Wildman–Crippen MR) is 116 cm³/mol. The van der Waals surface area contributed by atoms with Gasteiger partial charge in [-0.05, 0) is 43.5 Å². The van der Waals surface area contributed by atoms with Crippen molar-refractivity contribution < 1.29 is 13.5 Å². The molecule has 0 N–H and O–H groups in total. The fraction of sp³-hybridized carbons (Fsp3) is 0.391. The highest BCUT2D eigenvalue weighted by molar-refractivity contribution is 6.17. The SMILES string of the molecule is Fc1ccc(F)c([C@H]2CCCN2c2ccn3ncc(C4=NN=C(C5CCOC5)C4)c3n2)c1. The van der Waals surface area contributed by atoms with Gasteiger partial charge in [-0.2, -0.15) is 15.3 Å². The largest absolute Gasteiger partial charge is 0.381 e. The second-order valence-electron chi connectivity index (χ2n) is 8.50. The van der Waals surface area contributed by atoms with Crippen LogP contribution in [0.1, 0.15) is 42.9 Å². The molecule has 1 aromatic carbocycles. The molecule has 164 valence electrons. The highest BCUT2D eigenvalue weighted by Gasteiger charge is 2.31. The van der Waals surface area contributed by atoms with Crippen LogP contribution in [0, 0.1) is 17.6 Å². The van der Waals surface area contributed by atoms with E-state index < -0.39 is 11.6 Å². The summed E-state index contributed by atoms with van der Waals surface area (Å²) in [6.07, 6.45) is 6.89. The minimum Gasteiger partial charge on any atom is -0.381 e. The molecule has 32 heavy (non-hydrogen) atoms. The summed E-state index contributed by atoms with van der Waals surface area (Å²) in [5.74, 6) is 0.218. The van der Waals surface area contributed by atoms with Crippen LogP contribution in [0.3, 0.4) is 0 Å². The smallest absolute Gasteiger partial charge is 0.166 e. The first kappa shape index (κ1) is 19.5. The van der Waals surface area contributed by atoms with E-state index in [4.69, 9.17) is 9.72 Å². The number of anilines is 1. The first-order valence-electron chi connectivity index (χ1n) is 10.9. The van der Waals surface area contributed by atoms with Crippen LogP contribution in [0.15, 0.2) is 46.9 Å². The van der Waals surface area contributed by atoms with Gasteiger partial charge in [0.1, 0.15) is 17.5 Å². The van der Waals surface area contributed by atoms with Crippen molar-refractivity contribution in [2.24, 2.45) is 16.1 Å². The van der Waals surface area contributed by atoms with E-state index >= 15 is 0 Å². The molecule has 2 atom stereocenters. The fourth-order valence-electron chi connectivity index (χ4n) is 4.90. The molecule has 0 bridgehead atoms. The summed E-state index contributed by atoms with van der Waals surface area (Å²) in [6, 6.07) is 5.25. The van der Waals surface area contributed by atoms with Crippen molar-refractivity contribution in [3.63, 3.8) is 0 Å². The van der Waals surface area contributed by atoms with Gasteiger partial charge >= 0.3 is 0 Å². The number of hydrogen-bond acceptors (Lipinski definition) is 6. The van der Waals surface area contributed by atoms with E-state index in [1.165, 1.54) is 12.1 Å². The standard InChI is InChI=1S/C23H22F2N6O/c24-15-3-4-18(25)16(10-15)21-2-1-7-30(21)22-5-8-31-23(27-22)17(12-26-31)20-11-19(28-29-20)14-6-9-32-13-14/h3-5,8,10,12,14,21H,1-2,6-7,9,11,13H2/t14?,21-/m1/s1. The minimum absolute atomic E-state index is 0.256. The van der Waals surface area contributed by atoms with Gasteiger partial charge in [0.25, 0.3) is 0 Å². The van der Waals surface area contributed by atoms with Crippen molar-refractivity contribution in [2.45, 2.75) is 31.7 Å². The number of nitrogens with zero attached hydrogens (tertiary/aromatic N) is 6. The van der Waals surface area contributed by atoms with E-state index in [2.05, 4.69) is 15.3 Å². The Hall–Kier alpha value is -3.20. The van der Waals surface area contributed by atoms with Crippen LogP contribution in [-0.4, -0.2) is 45.8 Å². The Kier molecular flexibility index (Phi) is 4.71. The summed E-state index contributed by atoms with van der Waals surface area (Å²) >= 11 is 0. The van der Waals surface area contributed by atoms with Gasteiger partial charge < -0.3 is 9.64 Å². The maximum absolute atomic E-state index is 14.5. The van der Waals surface area contributed by atoms with E-state index in [0.717, 1.165) is 55.5 Å². The van der Waals surface area contributed by atoms with Crippen molar-refractivity contribution >= 4 is 22.9 Å². The molecule has 9 heteroatoms. The quantitative estimate of drug-likeness (QED) is 0.622. The van der Waals surface area contributed by atoms with E-state index in [1.807, 2.05) is 17.2 Å². The van der Waals surface area contributed by atoms with Crippen molar-refractivity contribution in [3.05, 3.63) is 59.4 Å². The summed E-state index contributed by atoms with van der Waals surface area (Å²) in [4.78, 5) is 6.91. The third-order valence-electron chi connectivity index (χ3n) is 6.58. The van der Waals surface area contributed by atoms with Gasteiger partial charge in [0.05, 0.1) is 35.8 Å². The van der Waals surface area contributed by atoms with Crippen molar-refractivity contribution in [2.75, 3.05) is 24.7 Å². The zero-order valence-corrected chi connectivity index (χ0v) is 17.4. The Morgan fingerprint density at radius 2 is 2.03 bits per heavy atom. The lowest BCUT2D eigenvalue weighted by Crippen LogP contribution is -2.24. The second-order valence-corrected chi connectivity index (χ2v) is 8.50. The van der Waals surface area contributed by atoms with E-state index in [0.29, 0.717) is 36.0 Å². The Bertz CT molecular complexity index is 1250. The number of ether oxygens (including phenoxy) is 1. The molecule has 7 nitrogen and oxygen atoms in total. The summed E-state index contributed by atoms with van der Waals surface area (Å²) < 4.78 is 35.5. The van der Waals surface area contributed by atoms with Crippen LogP contribution in [-0.2, 0) is 4.74 Å². The van der Waals surface area contributed by atoms with Gasteiger partial charge in [-0.3, -0.25) is 0 Å². The molecule has 3 aliphatic rings. The van der Waals surface area contributed by atoms with Gasteiger partial charge in [0.15, 0.2) is 5.65 Å². The first-order valence-corrected chi connectivity index (χ1v) is 10.9. The fourth-order valence-corrected chi connectivity index (χ4v) is 4.90. The molecular formula is C23H22F2N6O. The van der Waals surface area contributed by atoms with Gasteiger partial charge in [-0.25, -0.2) is 18.3 Å². The number of hydrogen-bond donors (Lipinski definition) is 0. The molecule has 3 aromatic rings. The number of fused-ring (bicyclic) bond motifs is 1. The van der Waals surface area contributed by atoms with Gasteiger partial charge in [-0.1, -0.05) is 0 Å². The Balaban J connectivity index is 1.31. The second kappa shape index (κ2) is 7.74. The average molecular weight is 436 g/mol. The summed E-state index contributed by atoms with van der Waals surface area (Å²) in [5, 5.41) is 13.2. The molecule has 0 amide bonds. The number of benzene rings is 1. The summed E-state index contributed by atoms with van der Waals surface area (Å²) in [7, 11) is 0. The van der Waals surface area contributed by atoms with E-state index in [-0.39, 0.29) is 6.04 Å². The number of rotatable bonds is 4. The molecule has 1 unspecified atom stereocenters. The minimum atomic E-state index is -0.433. The van der Waals surface area contributed by atoms with Crippen LogP contribution >= 0.6 is 0 Å². The topological polar surface area (TPSA) is 67.4 Å². The molecule has 0 radical (unpaired) electrons. The lowest BCUT2D eigenvalue weighted by atomic mass is 9.97. The third kappa shape index (κ3) is 3.28. The Morgan fingerprint density at radius 3 is 2.91 bits per heavy atom. The van der Waals surface area contributed by atoms with E-state index in [1.54, 1.807) is 10.7 Å². The molecule has 0 saturated carbocycles. The molecular weight excluding hydrogens is 414 g/mol.